The lowest BCUT2D eigenvalue weighted by molar-refractivity contribution is -0.384. The minimum atomic E-state index is -0.489. The van der Waals surface area contributed by atoms with Gasteiger partial charge in [0.1, 0.15) is 5.75 Å². The van der Waals surface area contributed by atoms with E-state index in [-0.39, 0.29) is 10.8 Å². The third-order valence-electron chi connectivity index (χ3n) is 3.82. The highest BCUT2D eigenvalue weighted by Gasteiger charge is 2.05. The van der Waals surface area contributed by atoms with Crippen molar-refractivity contribution in [2.45, 2.75) is 20.3 Å². The number of thiocarbonyl (C=S) groups is 1. The number of non-ortho nitro benzene ring substituents is 1. The number of amides is 1. The van der Waals surface area contributed by atoms with Crippen molar-refractivity contribution in [1.29, 1.82) is 0 Å². The summed E-state index contributed by atoms with van der Waals surface area (Å²) in [6.45, 7) is 4.95. The summed E-state index contributed by atoms with van der Waals surface area (Å²) >= 11 is 5.13. The molecule has 0 aliphatic heterocycles. The number of nitro groups is 1. The number of carbonyl (C=O) groups is 1. The number of nitrogens with one attached hydrogen (secondary N) is 2. The fourth-order valence-corrected chi connectivity index (χ4v) is 2.50. The van der Waals surface area contributed by atoms with Crippen molar-refractivity contribution in [2.24, 2.45) is 5.92 Å². The first-order chi connectivity index (χ1) is 13.8. The van der Waals surface area contributed by atoms with E-state index in [9.17, 15) is 14.9 Å². The fraction of sp³-hybridized carbons (Fsp3) is 0.238. The van der Waals surface area contributed by atoms with Gasteiger partial charge in [-0.3, -0.25) is 20.2 Å². The zero-order valence-electron chi connectivity index (χ0n) is 16.3. The van der Waals surface area contributed by atoms with Crippen molar-refractivity contribution in [3.8, 4) is 5.75 Å². The predicted molar refractivity (Wildman–Crippen MR) is 118 cm³/mol. The van der Waals surface area contributed by atoms with E-state index in [0.717, 1.165) is 12.2 Å². The summed E-state index contributed by atoms with van der Waals surface area (Å²) in [5, 5.41) is 16.4. The quantitative estimate of drug-likeness (QED) is 0.285. The Morgan fingerprint density at radius 2 is 1.97 bits per heavy atom. The monoisotopic (exact) mass is 413 g/mol. The molecule has 1 amide bonds. The van der Waals surface area contributed by atoms with Gasteiger partial charge in [0.2, 0.25) is 5.91 Å². The minimum absolute atomic E-state index is 0.0404. The molecule has 0 aliphatic rings. The van der Waals surface area contributed by atoms with Gasteiger partial charge in [0.05, 0.1) is 11.5 Å². The minimum Gasteiger partial charge on any atom is -0.494 e. The number of nitrogens with zero attached hydrogens (tertiary/aromatic N) is 1. The first-order valence-electron chi connectivity index (χ1n) is 9.11. The van der Waals surface area contributed by atoms with E-state index in [0.29, 0.717) is 23.8 Å². The van der Waals surface area contributed by atoms with E-state index in [2.05, 4.69) is 24.5 Å². The Balaban J connectivity index is 1.83. The van der Waals surface area contributed by atoms with Crippen molar-refractivity contribution in [1.82, 2.24) is 5.32 Å². The molecule has 0 bridgehead atoms. The molecule has 0 heterocycles. The molecule has 0 fully saturated rings. The second kappa shape index (κ2) is 10.9. The molecule has 0 saturated heterocycles. The van der Waals surface area contributed by atoms with Crippen LogP contribution in [-0.2, 0) is 4.79 Å². The van der Waals surface area contributed by atoms with E-state index in [1.54, 1.807) is 12.1 Å². The fourth-order valence-electron chi connectivity index (χ4n) is 2.28. The molecule has 2 aromatic carbocycles. The lowest BCUT2D eigenvalue weighted by atomic mass is 10.1. The normalized spacial score (nSPS) is 10.7. The third-order valence-corrected chi connectivity index (χ3v) is 4.03. The zero-order valence-corrected chi connectivity index (χ0v) is 17.1. The number of hydrogen-bond donors (Lipinski definition) is 2. The van der Waals surface area contributed by atoms with Gasteiger partial charge in [0.25, 0.3) is 5.69 Å². The smallest absolute Gasteiger partial charge is 0.270 e. The van der Waals surface area contributed by atoms with Gasteiger partial charge in [-0.25, -0.2) is 0 Å². The summed E-state index contributed by atoms with van der Waals surface area (Å²) in [7, 11) is 0. The average Bonchev–Trinajstić information content (AvgIpc) is 2.67. The molecule has 0 radical (unpaired) electrons. The molecule has 0 aromatic heterocycles. The Morgan fingerprint density at radius 1 is 1.24 bits per heavy atom. The SMILES string of the molecule is CC(C)CCOc1ccc(NC(=S)NC(=O)/C=C/c2cccc([N+](=O)[O-])c2)cc1. The van der Waals surface area contributed by atoms with Crippen molar-refractivity contribution in [3.05, 3.63) is 70.3 Å². The maximum Gasteiger partial charge on any atom is 0.270 e. The van der Waals surface area contributed by atoms with Crippen LogP contribution in [0.15, 0.2) is 54.6 Å². The molecule has 0 aliphatic carbocycles. The molecular weight excluding hydrogens is 390 g/mol. The van der Waals surface area contributed by atoms with Crippen LogP contribution in [0, 0.1) is 16.0 Å². The van der Waals surface area contributed by atoms with Gasteiger partial charge in [-0.15, -0.1) is 0 Å². The maximum absolute atomic E-state index is 12.0. The highest BCUT2D eigenvalue weighted by atomic mass is 32.1. The predicted octanol–water partition coefficient (Wildman–Crippen LogP) is 4.55. The lowest BCUT2D eigenvalue weighted by Gasteiger charge is -2.10. The van der Waals surface area contributed by atoms with Crippen LogP contribution in [-0.4, -0.2) is 22.5 Å². The Hall–Kier alpha value is -3.26. The van der Waals surface area contributed by atoms with Gasteiger partial charge in [-0.1, -0.05) is 26.0 Å². The molecule has 0 saturated carbocycles. The van der Waals surface area contributed by atoms with Crippen LogP contribution in [0.5, 0.6) is 5.75 Å². The molecule has 2 rings (SSSR count). The Kier molecular flexibility index (Phi) is 8.29. The van der Waals surface area contributed by atoms with Gasteiger partial charge < -0.3 is 10.1 Å². The van der Waals surface area contributed by atoms with Crippen LogP contribution in [0.1, 0.15) is 25.8 Å². The number of rotatable bonds is 8. The van der Waals surface area contributed by atoms with E-state index >= 15 is 0 Å². The maximum atomic E-state index is 12.0. The Bertz CT molecular complexity index is 895. The Labute approximate surface area is 174 Å². The lowest BCUT2D eigenvalue weighted by Crippen LogP contribution is -2.32. The van der Waals surface area contributed by atoms with E-state index in [1.165, 1.54) is 24.3 Å². The average molecular weight is 413 g/mol. The number of anilines is 1. The third kappa shape index (κ3) is 8.10. The molecule has 0 unspecified atom stereocenters. The van der Waals surface area contributed by atoms with E-state index < -0.39 is 10.8 Å². The van der Waals surface area contributed by atoms with Gasteiger partial charge in [-0.2, -0.15) is 0 Å². The van der Waals surface area contributed by atoms with Crippen molar-refractivity contribution < 1.29 is 14.5 Å². The molecule has 2 aromatic rings. The number of ether oxygens (including phenoxy) is 1. The molecule has 0 atom stereocenters. The van der Waals surface area contributed by atoms with Crippen LogP contribution in [0.2, 0.25) is 0 Å². The molecule has 0 spiro atoms. The van der Waals surface area contributed by atoms with Crippen LogP contribution >= 0.6 is 12.2 Å². The van der Waals surface area contributed by atoms with Gasteiger partial charge >= 0.3 is 0 Å². The van der Waals surface area contributed by atoms with Crippen molar-refractivity contribution >= 4 is 40.7 Å². The van der Waals surface area contributed by atoms with Gasteiger partial charge in [0, 0.05) is 23.9 Å². The highest BCUT2D eigenvalue weighted by Crippen LogP contribution is 2.17. The molecule has 2 N–H and O–H groups in total. The largest absolute Gasteiger partial charge is 0.494 e. The van der Waals surface area contributed by atoms with Crippen molar-refractivity contribution in [2.75, 3.05) is 11.9 Å². The van der Waals surface area contributed by atoms with Crippen LogP contribution in [0.3, 0.4) is 0 Å². The summed E-state index contributed by atoms with van der Waals surface area (Å²) in [6, 6.07) is 13.3. The molecule has 152 valence electrons. The van der Waals surface area contributed by atoms with Gasteiger partial charge in [0.15, 0.2) is 5.11 Å². The second-order valence-corrected chi connectivity index (χ2v) is 7.09. The molecular formula is C21H23N3O4S. The van der Waals surface area contributed by atoms with Crippen molar-refractivity contribution in [3.63, 3.8) is 0 Å². The second-order valence-electron chi connectivity index (χ2n) is 6.68. The topological polar surface area (TPSA) is 93.5 Å². The summed E-state index contributed by atoms with van der Waals surface area (Å²) in [4.78, 5) is 22.3. The molecule has 8 heteroatoms. The summed E-state index contributed by atoms with van der Waals surface area (Å²) in [6.07, 6.45) is 3.73. The van der Waals surface area contributed by atoms with E-state index in [1.807, 2.05) is 24.3 Å². The number of benzene rings is 2. The highest BCUT2D eigenvalue weighted by molar-refractivity contribution is 7.80. The van der Waals surface area contributed by atoms with Crippen LogP contribution in [0.4, 0.5) is 11.4 Å². The number of carbonyl (C=O) groups excluding carboxylic acids is 1. The summed E-state index contributed by atoms with van der Waals surface area (Å²) in [5.41, 5.74) is 1.22. The van der Waals surface area contributed by atoms with Gasteiger partial charge in [-0.05, 0) is 60.5 Å². The first kappa shape index (κ1) is 22.0. The van der Waals surface area contributed by atoms with Crippen LogP contribution in [0.25, 0.3) is 6.08 Å². The van der Waals surface area contributed by atoms with E-state index in [4.69, 9.17) is 17.0 Å². The molecule has 29 heavy (non-hydrogen) atoms. The van der Waals surface area contributed by atoms with Crippen LogP contribution < -0.4 is 15.4 Å². The standard InChI is InChI=1S/C21H23N3O4S/c1-15(2)12-13-28-19-9-7-17(8-10-19)22-21(29)23-20(25)11-6-16-4-3-5-18(14-16)24(26)27/h3-11,14-15H,12-13H2,1-2H3,(H2,22,23,25,29)/b11-6+. The summed E-state index contributed by atoms with van der Waals surface area (Å²) in [5.74, 6) is 0.914. The summed E-state index contributed by atoms with van der Waals surface area (Å²) < 4.78 is 5.66. The molecule has 7 nitrogen and oxygen atoms in total. The number of nitro benzene ring substituents is 1. The number of hydrogen-bond acceptors (Lipinski definition) is 5. The first-order valence-corrected chi connectivity index (χ1v) is 9.51. The zero-order chi connectivity index (χ0) is 21.2. The Morgan fingerprint density at radius 3 is 2.62 bits per heavy atom.